The molecule has 0 aliphatic carbocycles. The number of hydrogen-bond donors (Lipinski definition) is 1. The molecule has 0 atom stereocenters. The molecule has 1 amide bonds. The lowest BCUT2D eigenvalue weighted by atomic mass is 10.1. The molecule has 0 saturated carbocycles. The fourth-order valence-corrected chi connectivity index (χ4v) is 2.24. The normalized spacial score (nSPS) is 10.1. The smallest absolute Gasteiger partial charge is 0.338 e. The molecule has 5 nitrogen and oxygen atoms in total. The maximum Gasteiger partial charge on any atom is 0.338 e. The number of hydrogen-bond acceptors (Lipinski definition) is 4. The molecular formula is C19H21NO4. The molecule has 0 radical (unpaired) electrons. The summed E-state index contributed by atoms with van der Waals surface area (Å²) in [6, 6.07) is 14.6. The third kappa shape index (κ3) is 5.12. The molecule has 1 N–H and O–H groups in total. The van der Waals surface area contributed by atoms with Crippen LogP contribution in [0.25, 0.3) is 0 Å². The van der Waals surface area contributed by atoms with Crippen LogP contribution in [-0.4, -0.2) is 32.1 Å². The third-order valence-corrected chi connectivity index (χ3v) is 3.62. The molecule has 2 aromatic carbocycles. The Bertz CT molecular complexity index is 712. The zero-order valence-electron chi connectivity index (χ0n) is 13.9. The SMILES string of the molecule is COc1cccc(C(=O)OCC(=O)NCCc2ccccc2C)c1. The lowest BCUT2D eigenvalue weighted by molar-refractivity contribution is -0.124. The number of esters is 1. The van der Waals surface area contributed by atoms with Crippen molar-refractivity contribution in [3.8, 4) is 5.75 Å². The largest absolute Gasteiger partial charge is 0.497 e. The Hall–Kier alpha value is -2.82. The highest BCUT2D eigenvalue weighted by Crippen LogP contribution is 2.13. The molecule has 126 valence electrons. The highest BCUT2D eigenvalue weighted by Gasteiger charge is 2.10. The van der Waals surface area contributed by atoms with E-state index in [1.807, 2.05) is 31.2 Å². The van der Waals surface area contributed by atoms with Crippen LogP contribution in [-0.2, 0) is 16.0 Å². The second-order valence-corrected chi connectivity index (χ2v) is 5.33. The van der Waals surface area contributed by atoms with E-state index in [-0.39, 0.29) is 12.5 Å². The summed E-state index contributed by atoms with van der Waals surface area (Å²) in [5.74, 6) is -0.310. The van der Waals surface area contributed by atoms with Crippen molar-refractivity contribution < 1.29 is 19.1 Å². The fraction of sp³-hybridized carbons (Fsp3) is 0.263. The quantitative estimate of drug-likeness (QED) is 0.794. The summed E-state index contributed by atoms with van der Waals surface area (Å²) >= 11 is 0. The van der Waals surface area contributed by atoms with E-state index in [0.29, 0.717) is 17.9 Å². The van der Waals surface area contributed by atoms with Crippen molar-refractivity contribution >= 4 is 11.9 Å². The zero-order valence-corrected chi connectivity index (χ0v) is 13.9. The van der Waals surface area contributed by atoms with Crippen LogP contribution in [0.2, 0.25) is 0 Å². The predicted molar refractivity (Wildman–Crippen MR) is 91.2 cm³/mol. The van der Waals surface area contributed by atoms with E-state index in [1.165, 1.54) is 18.2 Å². The van der Waals surface area contributed by atoms with Gasteiger partial charge < -0.3 is 14.8 Å². The number of rotatable bonds is 7. The molecule has 2 rings (SSSR count). The van der Waals surface area contributed by atoms with Crippen LogP contribution in [0.4, 0.5) is 0 Å². The van der Waals surface area contributed by atoms with E-state index >= 15 is 0 Å². The highest BCUT2D eigenvalue weighted by atomic mass is 16.5. The van der Waals surface area contributed by atoms with Crippen molar-refractivity contribution in [2.24, 2.45) is 0 Å². The predicted octanol–water partition coefficient (Wildman–Crippen LogP) is 2.52. The molecule has 2 aromatic rings. The van der Waals surface area contributed by atoms with Gasteiger partial charge in [0.1, 0.15) is 5.75 Å². The lowest BCUT2D eigenvalue weighted by Gasteiger charge is -2.08. The topological polar surface area (TPSA) is 64.6 Å². The molecule has 24 heavy (non-hydrogen) atoms. The Morgan fingerprint density at radius 3 is 2.62 bits per heavy atom. The Morgan fingerprint density at radius 1 is 1.08 bits per heavy atom. The molecule has 0 fully saturated rings. The number of carbonyl (C=O) groups excluding carboxylic acids is 2. The number of carbonyl (C=O) groups is 2. The molecule has 0 bridgehead atoms. The summed E-state index contributed by atoms with van der Waals surface area (Å²) in [4.78, 5) is 23.7. The van der Waals surface area contributed by atoms with Gasteiger partial charge in [-0.3, -0.25) is 4.79 Å². The second-order valence-electron chi connectivity index (χ2n) is 5.33. The fourth-order valence-electron chi connectivity index (χ4n) is 2.24. The number of ether oxygens (including phenoxy) is 2. The second kappa shape index (κ2) is 8.72. The lowest BCUT2D eigenvalue weighted by Crippen LogP contribution is -2.30. The minimum atomic E-state index is -0.553. The number of amides is 1. The van der Waals surface area contributed by atoms with Crippen LogP contribution in [0.15, 0.2) is 48.5 Å². The molecule has 0 aliphatic rings. The maximum atomic E-state index is 11.9. The Morgan fingerprint density at radius 2 is 1.88 bits per heavy atom. The molecular weight excluding hydrogens is 306 g/mol. The molecule has 0 unspecified atom stereocenters. The van der Waals surface area contributed by atoms with Gasteiger partial charge in [-0.2, -0.15) is 0 Å². The van der Waals surface area contributed by atoms with Gasteiger partial charge >= 0.3 is 5.97 Å². The Balaban J connectivity index is 1.74. The highest BCUT2D eigenvalue weighted by molar-refractivity contribution is 5.91. The van der Waals surface area contributed by atoms with Gasteiger partial charge in [0.15, 0.2) is 6.61 Å². The van der Waals surface area contributed by atoms with Crippen molar-refractivity contribution in [2.75, 3.05) is 20.3 Å². The summed E-state index contributed by atoms with van der Waals surface area (Å²) in [7, 11) is 1.52. The van der Waals surface area contributed by atoms with Gasteiger partial charge in [0.2, 0.25) is 0 Å². The molecule has 0 saturated heterocycles. The monoisotopic (exact) mass is 327 g/mol. The molecule has 5 heteroatoms. The standard InChI is InChI=1S/C19H21NO4/c1-14-6-3-4-7-15(14)10-11-20-18(21)13-24-19(22)16-8-5-9-17(12-16)23-2/h3-9,12H,10-11,13H2,1-2H3,(H,20,21). The number of aryl methyl sites for hydroxylation is 1. The zero-order chi connectivity index (χ0) is 17.4. The van der Waals surface area contributed by atoms with Crippen molar-refractivity contribution in [3.63, 3.8) is 0 Å². The van der Waals surface area contributed by atoms with E-state index < -0.39 is 5.97 Å². The van der Waals surface area contributed by atoms with Crippen molar-refractivity contribution in [1.82, 2.24) is 5.32 Å². The van der Waals surface area contributed by atoms with Gasteiger partial charge in [-0.1, -0.05) is 30.3 Å². The van der Waals surface area contributed by atoms with Gasteiger partial charge in [0.05, 0.1) is 12.7 Å². The Kier molecular flexibility index (Phi) is 6.37. The number of methoxy groups -OCH3 is 1. The van der Waals surface area contributed by atoms with Crippen molar-refractivity contribution in [2.45, 2.75) is 13.3 Å². The van der Waals surface area contributed by atoms with Crippen LogP contribution in [0, 0.1) is 6.92 Å². The summed E-state index contributed by atoms with van der Waals surface area (Å²) in [6.07, 6.45) is 0.738. The third-order valence-electron chi connectivity index (χ3n) is 3.62. The van der Waals surface area contributed by atoms with Gasteiger partial charge in [-0.15, -0.1) is 0 Å². The number of nitrogens with one attached hydrogen (secondary N) is 1. The van der Waals surface area contributed by atoms with Crippen molar-refractivity contribution in [3.05, 3.63) is 65.2 Å². The molecule has 0 aliphatic heterocycles. The van der Waals surface area contributed by atoms with Crippen molar-refractivity contribution in [1.29, 1.82) is 0 Å². The first-order chi connectivity index (χ1) is 11.6. The maximum absolute atomic E-state index is 11.9. The van der Waals surface area contributed by atoms with Gasteiger partial charge in [-0.05, 0) is 42.7 Å². The van der Waals surface area contributed by atoms with E-state index in [4.69, 9.17) is 9.47 Å². The van der Waals surface area contributed by atoms with Crippen LogP contribution in [0.3, 0.4) is 0 Å². The first-order valence-corrected chi connectivity index (χ1v) is 7.72. The Labute approximate surface area is 141 Å². The minimum absolute atomic E-state index is 0.302. The van der Waals surface area contributed by atoms with Crippen LogP contribution < -0.4 is 10.1 Å². The molecule has 0 spiro atoms. The average molecular weight is 327 g/mol. The van der Waals surface area contributed by atoms with E-state index in [9.17, 15) is 9.59 Å². The number of benzene rings is 2. The van der Waals surface area contributed by atoms with Gasteiger partial charge in [0, 0.05) is 6.54 Å². The van der Waals surface area contributed by atoms with Crippen LogP contribution in [0.5, 0.6) is 5.75 Å². The van der Waals surface area contributed by atoms with E-state index in [1.54, 1.807) is 24.3 Å². The molecule has 0 aromatic heterocycles. The van der Waals surface area contributed by atoms with Gasteiger partial charge in [-0.25, -0.2) is 4.79 Å². The van der Waals surface area contributed by atoms with Gasteiger partial charge in [0.25, 0.3) is 5.91 Å². The first kappa shape index (κ1) is 17.5. The summed E-state index contributed by atoms with van der Waals surface area (Å²) in [5, 5.41) is 2.75. The van der Waals surface area contributed by atoms with Crippen LogP contribution in [0.1, 0.15) is 21.5 Å². The van der Waals surface area contributed by atoms with E-state index in [0.717, 1.165) is 6.42 Å². The summed E-state index contributed by atoms with van der Waals surface area (Å²) in [6.45, 7) is 2.23. The summed E-state index contributed by atoms with van der Waals surface area (Å²) < 4.78 is 10.1. The minimum Gasteiger partial charge on any atom is -0.497 e. The summed E-state index contributed by atoms with van der Waals surface area (Å²) in [5.41, 5.74) is 2.73. The van der Waals surface area contributed by atoms with Crippen LogP contribution >= 0.6 is 0 Å². The first-order valence-electron chi connectivity index (χ1n) is 7.72. The molecule has 0 heterocycles. The van der Waals surface area contributed by atoms with E-state index in [2.05, 4.69) is 5.32 Å². The average Bonchev–Trinajstić information content (AvgIpc) is 2.61.